The predicted octanol–water partition coefficient (Wildman–Crippen LogP) is 2.00. The first-order chi connectivity index (χ1) is 8.54. The van der Waals surface area contributed by atoms with Crippen molar-refractivity contribution in [2.24, 2.45) is 5.73 Å². The molecule has 0 radical (unpaired) electrons. The molecule has 0 saturated heterocycles. The van der Waals surface area contributed by atoms with E-state index in [1.165, 1.54) is 13.2 Å². The maximum absolute atomic E-state index is 13.3. The molecule has 1 unspecified atom stereocenters. The van der Waals surface area contributed by atoms with E-state index in [2.05, 4.69) is 5.32 Å². The highest BCUT2D eigenvalue weighted by Gasteiger charge is 2.22. The van der Waals surface area contributed by atoms with Crippen LogP contribution in [0.25, 0.3) is 0 Å². The van der Waals surface area contributed by atoms with E-state index < -0.39 is 0 Å². The molecular formula is C13H21FN2O2. The summed E-state index contributed by atoms with van der Waals surface area (Å²) in [6.07, 6.45) is 0.764. The van der Waals surface area contributed by atoms with Gasteiger partial charge in [0.1, 0.15) is 0 Å². The van der Waals surface area contributed by atoms with Crippen LogP contribution in [-0.2, 0) is 4.74 Å². The summed E-state index contributed by atoms with van der Waals surface area (Å²) < 4.78 is 23.3. The van der Waals surface area contributed by atoms with E-state index in [0.717, 1.165) is 12.1 Å². The van der Waals surface area contributed by atoms with E-state index in [1.54, 1.807) is 19.2 Å². The Labute approximate surface area is 107 Å². The topological polar surface area (TPSA) is 56.5 Å². The van der Waals surface area contributed by atoms with E-state index in [4.69, 9.17) is 15.2 Å². The van der Waals surface area contributed by atoms with Gasteiger partial charge < -0.3 is 20.5 Å². The molecule has 102 valence electrons. The molecule has 0 aromatic heterocycles. The third kappa shape index (κ3) is 3.85. The Balaban J connectivity index is 2.81. The smallest absolute Gasteiger partial charge is 0.165 e. The summed E-state index contributed by atoms with van der Waals surface area (Å²) in [5, 5.41) is 3.29. The lowest BCUT2D eigenvalue weighted by Crippen LogP contribution is -2.43. The van der Waals surface area contributed by atoms with E-state index in [1.807, 2.05) is 6.92 Å². The third-order valence-electron chi connectivity index (χ3n) is 2.91. The van der Waals surface area contributed by atoms with Gasteiger partial charge >= 0.3 is 0 Å². The van der Waals surface area contributed by atoms with Crippen molar-refractivity contribution >= 4 is 5.69 Å². The summed E-state index contributed by atoms with van der Waals surface area (Å²) in [5.41, 5.74) is 6.26. The second kappa shape index (κ2) is 6.56. The van der Waals surface area contributed by atoms with Gasteiger partial charge in [0.2, 0.25) is 0 Å². The number of nitrogens with one attached hydrogen (secondary N) is 1. The van der Waals surface area contributed by atoms with E-state index >= 15 is 0 Å². The van der Waals surface area contributed by atoms with E-state index in [9.17, 15) is 4.39 Å². The molecule has 0 aliphatic rings. The molecular weight excluding hydrogens is 235 g/mol. The zero-order chi connectivity index (χ0) is 13.6. The molecule has 1 aromatic carbocycles. The molecule has 1 atom stereocenters. The van der Waals surface area contributed by atoms with Crippen molar-refractivity contribution in [2.75, 3.05) is 32.7 Å². The molecule has 0 saturated carbocycles. The van der Waals surface area contributed by atoms with Crippen molar-refractivity contribution in [3.8, 4) is 5.75 Å². The minimum absolute atomic E-state index is 0.214. The van der Waals surface area contributed by atoms with Gasteiger partial charge in [-0.15, -0.1) is 0 Å². The number of anilines is 1. The summed E-state index contributed by atoms with van der Waals surface area (Å²) in [4.78, 5) is 0. The molecule has 0 aliphatic heterocycles. The van der Waals surface area contributed by atoms with Crippen LogP contribution in [0.15, 0.2) is 18.2 Å². The monoisotopic (exact) mass is 256 g/mol. The standard InChI is InChI=1S/C13H21FN2O2/c1-13(9-15,6-7-17-2)16-10-4-5-11(14)12(8-10)18-3/h4-5,8,16H,6-7,9,15H2,1-3H3. The summed E-state index contributed by atoms with van der Waals surface area (Å²) in [5.74, 6) is -0.166. The minimum Gasteiger partial charge on any atom is -0.494 e. The highest BCUT2D eigenvalue weighted by atomic mass is 19.1. The van der Waals surface area contributed by atoms with Gasteiger partial charge in [-0.3, -0.25) is 0 Å². The number of benzene rings is 1. The lowest BCUT2D eigenvalue weighted by molar-refractivity contribution is 0.177. The van der Waals surface area contributed by atoms with Crippen LogP contribution in [-0.4, -0.2) is 32.9 Å². The largest absolute Gasteiger partial charge is 0.494 e. The highest BCUT2D eigenvalue weighted by molar-refractivity contribution is 5.50. The normalized spacial score (nSPS) is 14.1. The van der Waals surface area contributed by atoms with Crippen LogP contribution in [0, 0.1) is 5.82 Å². The van der Waals surface area contributed by atoms with Gasteiger partial charge in [0.25, 0.3) is 0 Å². The molecule has 0 amide bonds. The zero-order valence-electron chi connectivity index (χ0n) is 11.1. The van der Waals surface area contributed by atoms with Crippen molar-refractivity contribution in [3.05, 3.63) is 24.0 Å². The lowest BCUT2D eigenvalue weighted by atomic mass is 9.98. The van der Waals surface area contributed by atoms with Gasteiger partial charge in [0.15, 0.2) is 11.6 Å². The molecule has 0 heterocycles. The van der Waals surface area contributed by atoms with Crippen LogP contribution < -0.4 is 15.8 Å². The number of hydrogen-bond acceptors (Lipinski definition) is 4. The molecule has 0 spiro atoms. The van der Waals surface area contributed by atoms with Gasteiger partial charge in [-0.1, -0.05) is 0 Å². The van der Waals surface area contributed by atoms with Gasteiger partial charge in [-0.25, -0.2) is 4.39 Å². The first kappa shape index (κ1) is 14.7. The summed E-state index contributed by atoms with van der Waals surface area (Å²) in [6, 6.07) is 4.66. The first-order valence-corrected chi connectivity index (χ1v) is 5.85. The molecule has 0 aliphatic carbocycles. The quantitative estimate of drug-likeness (QED) is 0.783. The maximum Gasteiger partial charge on any atom is 0.165 e. The fourth-order valence-electron chi connectivity index (χ4n) is 1.63. The predicted molar refractivity (Wildman–Crippen MR) is 70.5 cm³/mol. The van der Waals surface area contributed by atoms with Crippen molar-refractivity contribution < 1.29 is 13.9 Å². The van der Waals surface area contributed by atoms with Crippen LogP contribution in [0.1, 0.15) is 13.3 Å². The van der Waals surface area contributed by atoms with Gasteiger partial charge in [-0.05, 0) is 25.5 Å². The average Bonchev–Trinajstić information content (AvgIpc) is 2.38. The van der Waals surface area contributed by atoms with Gasteiger partial charge in [-0.2, -0.15) is 0 Å². The summed E-state index contributed by atoms with van der Waals surface area (Å²) >= 11 is 0. The number of methoxy groups -OCH3 is 2. The number of rotatable bonds is 7. The van der Waals surface area contributed by atoms with Crippen molar-refractivity contribution in [1.82, 2.24) is 0 Å². The molecule has 18 heavy (non-hydrogen) atoms. The Morgan fingerprint density at radius 1 is 1.39 bits per heavy atom. The van der Waals surface area contributed by atoms with Crippen molar-refractivity contribution in [1.29, 1.82) is 0 Å². The van der Waals surface area contributed by atoms with Crippen LogP contribution >= 0.6 is 0 Å². The number of nitrogens with two attached hydrogens (primary N) is 1. The third-order valence-corrected chi connectivity index (χ3v) is 2.91. The van der Waals surface area contributed by atoms with Crippen LogP contribution in [0.5, 0.6) is 5.75 Å². The number of ether oxygens (including phenoxy) is 2. The maximum atomic E-state index is 13.3. The highest BCUT2D eigenvalue weighted by Crippen LogP contribution is 2.24. The molecule has 3 N–H and O–H groups in total. The van der Waals surface area contributed by atoms with Crippen LogP contribution in [0.2, 0.25) is 0 Å². The fourth-order valence-corrected chi connectivity index (χ4v) is 1.63. The Morgan fingerprint density at radius 2 is 2.11 bits per heavy atom. The molecule has 4 nitrogen and oxygen atoms in total. The molecule has 0 bridgehead atoms. The Kier molecular flexibility index (Phi) is 5.37. The van der Waals surface area contributed by atoms with Crippen molar-refractivity contribution in [3.63, 3.8) is 0 Å². The first-order valence-electron chi connectivity index (χ1n) is 5.85. The zero-order valence-corrected chi connectivity index (χ0v) is 11.1. The van der Waals surface area contributed by atoms with Gasteiger partial charge in [0, 0.05) is 37.6 Å². The van der Waals surface area contributed by atoms with Crippen molar-refractivity contribution in [2.45, 2.75) is 18.9 Å². The second-order valence-electron chi connectivity index (χ2n) is 4.48. The van der Waals surface area contributed by atoms with Crippen LogP contribution in [0.3, 0.4) is 0 Å². The number of halogens is 1. The Morgan fingerprint density at radius 3 is 2.67 bits per heavy atom. The van der Waals surface area contributed by atoms with Crippen LogP contribution in [0.4, 0.5) is 10.1 Å². The minimum atomic E-state index is -0.380. The van der Waals surface area contributed by atoms with E-state index in [-0.39, 0.29) is 17.1 Å². The summed E-state index contributed by atoms with van der Waals surface area (Å²) in [6.45, 7) is 3.07. The molecule has 0 fully saturated rings. The molecule has 5 heteroatoms. The Bertz CT molecular complexity index is 387. The lowest BCUT2D eigenvalue weighted by Gasteiger charge is -2.30. The molecule has 1 rings (SSSR count). The van der Waals surface area contributed by atoms with E-state index in [0.29, 0.717) is 13.2 Å². The SMILES string of the molecule is COCCC(C)(CN)Nc1ccc(F)c(OC)c1. The average molecular weight is 256 g/mol. The van der Waals surface area contributed by atoms with Gasteiger partial charge in [0.05, 0.1) is 7.11 Å². The summed E-state index contributed by atoms with van der Waals surface area (Å²) in [7, 11) is 3.09. The Hall–Kier alpha value is -1.33. The number of hydrogen-bond donors (Lipinski definition) is 2. The second-order valence-corrected chi connectivity index (χ2v) is 4.48. The molecule has 1 aromatic rings. The fraction of sp³-hybridized carbons (Fsp3) is 0.538.